The Labute approximate surface area is 92.4 Å². The molecule has 4 heteroatoms. The summed E-state index contributed by atoms with van der Waals surface area (Å²) >= 11 is 0. The Hall–Kier alpha value is -1.89. The highest BCUT2D eigenvalue weighted by atomic mass is 19.1. The molecule has 1 aliphatic rings. The Bertz CT molecular complexity index is 486. The van der Waals surface area contributed by atoms with Crippen LogP contribution in [0.4, 0.5) is 4.39 Å². The van der Waals surface area contributed by atoms with Crippen LogP contribution >= 0.6 is 0 Å². The molecule has 0 bridgehead atoms. The molecule has 0 heterocycles. The minimum atomic E-state index is -0.689. The van der Waals surface area contributed by atoms with Crippen LogP contribution in [-0.4, -0.2) is 13.1 Å². The average Bonchev–Trinajstić information content (AvgIpc) is 3.09. The second kappa shape index (κ2) is 3.60. The lowest BCUT2D eigenvalue weighted by Gasteiger charge is -2.11. The highest BCUT2D eigenvalue weighted by Gasteiger charge is 2.47. The van der Waals surface area contributed by atoms with Gasteiger partial charge in [-0.3, -0.25) is 0 Å². The van der Waals surface area contributed by atoms with E-state index >= 15 is 0 Å². The number of nitriles is 1. The molecule has 1 fully saturated rings. The second-order valence-electron chi connectivity index (χ2n) is 3.88. The van der Waals surface area contributed by atoms with Crippen molar-refractivity contribution in [3.63, 3.8) is 0 Å². The van der Waals surface area contributed by atoms with E-state index in [-0.39, 0.29) is 5.56 Å². The van der Waals surface area contributed by atoms with Gasteiger partial charge in [0.1, 0.15) is 5.82 Å². The van der Waals surface area contributed by atoms with Crippen molar-refractivity contribution in [2.24, 2.45) is 0 Å². The van der Waals surface area contributed by atoms with Gasteiger partial charge in [0.2, 0.25) is 0 Å². The molecule has 0 unspecified atom stereocenters. The average molecular weight is 219 g/mol. The van der Waals surface area contributed by atoms with E-state index < -0.39 is 17.2 Å². The van der Waals surface area contributed by atoms with Gasteiger partial charge in [-0.05, 0) is 36.6 Å². The minimum absolute atomic E-state index is 0.281. The Morgan fingerprint density at radius 1 is 1.56 bits per heavy atom. The Morgan fingerprint density at radius 3 is 2.75 bits per heavy atom. The molecule has 0 amide bonds. The normalized spacial score (nSPS) is 16.3. The van der Waals surface area contributed by atoms with Crippen LogP contribution in [-0.2, 0) is 10.2 Å². The number of carbonyl (C=O) groups is 1. The molecule has 0 atom stereocenters. The minimum Gasteiger partial charge on any atom is -0.465 e. The molecule has 1 saturated carbocycles. The molecule has 0 saturated heterocycles. The van der Waals surface area contributed by atoms with Gasteiger partial charge in [-0.15, -0.1) is 0 Å². The van der Waals surface area contributed by atoms with Crippen molar-refractivity contribution < 1.29 is 13.9 Å². The maximum atomic E-state index is 13.1. The summed E-state index contributed by atoms with van der Waals surface area (Å²) in [4.78, 5) is 11.5. The van der Waals surface area contributed by atoms with Gasteiger partial charge in [0.15, 0.2) is 0 Å². The van der Waals surface area contributed by atoms with E-state index in [9.17, 15) is 9.18 Å². The summed E-state index contributed by atoms with van der Waals surface area (Å²) in [6, 6.07) is 5.96. The van der Waals surface area contributed by atoms with Crippen molar-refractivity contribution in [1.29, 1.82) is 5.26 Å². The zero-order chi connectivity index (χ0) is 11.8. The van der Waals surface area contributed by atoms with Gasteiger partial charge in [0.25, 0.3) is 0 Å². The fourth-order valence-corrected chi connectivity index (χ4v) is 1.77. The van der Waals surface area contributed by atoms with Crippen LogP contribution in [0.1, 0.15) is 28.8 Å². The zero-order valence-electron chi connectivity index (χ0n) is 8.79. The number of nitrogens with zero attached hydrogens (tertiary/aromatic N) is 1. The number of hydrogen-bond donors (Lipinski definition) is 0. The Morgan fingerprint density at radius 2 is 2.25 bits per heavy atom. The van der Waals surface area contributed by atoms with Crippen LogP contribution in [0.15, 0.2) is 18.2 Å². The Kier molecular flexibility index (Phi) is 2.39. The van der Waals surface area contributed by atoms with E-state index in [0.29, 0.717) is 18.4 Å². The third kappa shape index (κ3) is 1.54. The molecule has 0 radical (unpaired) electrons. The third-order valence-electron chi connectivity index (χ3n) is 2.87. The van der Waals surface area contributed by atoms with E-state index in [1.807, 2.05) is 0 Å². The number of carbonyl (C=O) groups excluding carboxylic acids is 1. The fourth-order valence-electron chi connectivity index (χ4n) is 1.77. The molecular formula is C12H10FNO2. The molecule has 0 aliphatic heterocycles. The van der Waals surface area contributed by atoms with E-state index in [2.05, 4.69) is 10.8 Å². The summed E-state index contributed by atoms with van der Waals surface area (Å²) in [5.74, 6) is -0.972. The number of esters is 1. The maximum Gasteiger partial charge on any atom is 0.338 e. The van der Waals surface area contributed by atoms with Crippen molar-refractivity contribution in [3.8, 4) is 6.07 Å². The summed E-state index contributed by atoms with van der Waals surface area (Å²) in [7, 11) is 1.27. The van der Waals surface area contributed by atoms with Crippen LogP contribution in [0.3, 0.4) is 0 Å². The first-order chi connectivity index (χ1) is 7.63. The highest BCUT2D eigenvalue weighted by Crippen LogP contribution is 2.48. The first kappa shape index (κ1) is 10.6. The van der Waals surface area contributed by atoms with Gasteiger partial charge in [0, 0.05) is 0 Å². The molecule has 0 spiro atoms. The number of ether oxygens (including phenoxy) is 1. The van der Waals surface area contributed by atoms with E-state index in [1.54, 1.807) is 0 Å². The van der Waals surface area contributed by atoms with Crippen molar-refractivity contribution in [3.05, 3.63) is 35.1 Å². The summed E-state index contributed by atoms with van der Waals surface area (Å²) < 4.78 is 17.8. The van der Waals surface area contributed by atoms with Crippen molar-refractivity contribution >= 4 is 5.97 Å². The van der Waals surface area contributed by atoms with Gasteiger partial charge >= 0.3 is 5.97 Å². The zero-order valence-corrected chi connectivity index (χ0v) is 8.79. The summed E-state index contributed by atoms with van der Waals surface area (Å²) in [5.41, 5.74) is 0.0378. The standard InChI is InChI=1S/C12H10FNO2/c1-16-11(15)9-3-2-8(13)6-10(9)12(7-14)4-5-12/h2-3,6H,4-5H2,1H3. The van der Waals surface area contributed by atoms with Gasteiger partial charge < -0.3 is 4.74 Å². The number of rotatable bonds is 2. The monoisotopic (exact) mass is 219 g/mol. The third-order valence-corrected chi connectivity index (χ3v) is 2.87. The van der Waals surface area contributed by atoms with Crippen molar-refractivity contribution in [2.45, 2.75) is 18.3 Å². The summed E-state index contributed by atoms with van der Waals surface area (Å²) in [6.07, 6.45) is 1.33. The lowest BCUT2D eigenvalue weighted by molar-refractivity contribution is 0.0599. The molecule has 16 heavy (non-hydrogen) atoms. The van der Waals surface area contributed by atoms with E-state index in [1.165, 1.54) is 25.3 Å². The molecule has 1 aromatic carbocycles. The molecule has 1 aromatic rings. The predicted octanol–water partition coefficient (Wildman–Crippen LogP) is 2.17. The van der Waals surface area contributed by atoms with Gasteiger partial charge in [-0.25, -0.2) is 9.18 Å². The quantitative estimate of drug-likeness (QED) is 0.716. The molecule has 0 aromatic heterocycles. The number of halogens is 1. The SMILES string of the molecule is COC(=O)c1ccc(F)cc1C1(C#N)CC1. The van der Waals surface area contributed by atoms with Crippen LogP contribution in [0.25, 0.3) is 0 Å². The lowest BCUT2D eigenvalue weighted by Crippen LogP contribution is -2.13. The number of hydrogen-bond acceptors (Lipinski definition) is 3. The van der Waals surface area contributed by atoms with Crippen LogP contribution in [0.2, 0.25) is 0 Å². The summed E-state index contributed by atoms with van der Waals surface area (Å²) in [5, 5.41) is 9.06. The molecule has 82 valence electrons. The lowest BCUT2D eigenvalue weighted by atomic mass is 9.92. The van der Waals surface area contributed by atoms with Crippen LogP contribution in [0, 0.1) is 17.1 Å². The van der Waals surface area contributed by atoms with Gasteiger partial charge in [-0.1, -0.05) is 0 Å². The summed E-state index contributed by atoms with van der Waals surface area (Å²) in [6.45, 7) is 0. The van der Waals surface area contributed by atoms with Crippen LogP contribution in [0.5, 0.6) is 0 Å². The number of methoxy groups -OCH3 is 1. The molecule has 0 N–H and O–H groups in total. The largest absolute Gasteiger partial charge is 0.465 e. The molecule has 3 nitrogen and oxygen atoms in total. The first-order valence-corrected chi connectivity index (χ1v) is 4.92. The van der Waals surface area contributed by atoms with Gasteiger partial charge in [-0.2, -0.15) is 5.26 Å². The van der Waals surface area contributed by atoms with E-state index in [0.717, 1.165) is 0 Å². The number of benzene rings is 1. The van der Waals surface area contributed by atoms with E-state index in [4.69, 9.17) is 5.26 Å². The van der Waals surface area contributed by atoms with Crippen molar-refractivity contribution in [1.82, 2.24) is 0 Å². The predicted molar refractivity (Wildman–Crippen MR) is 54.3 cm³/mol. The Balaban J connectivity index is 2.54. The first-order valence-electron chi connectivity index (χ1n) is 4.92. The van der Waals surface area contributed by atoms with Crippen LogP contribution < -0.4 is 0 Å². The second-order valence-corrected chi connectivity index (χ2v) is 3.88. The van der Waals surface area contributed by atoms with Crippen molar-refractivity contribution in [2.75, 3.05) is 7.11 Å². The maximum absolute atomic E-state index is 13.1. The smallest absolute Gasteiger partial charge is 0.338 e. The van der Waals surface area contributed by atoms with Gasteiger partial charge in [0.05, 0.1) is 24.2 Å². The molecular weight excluding hydrogens is 209 g/mol. The topological polar surface area (TPSA) is 50.1 Å². The molecule has 2 rings (SSSR count). The fraction of sp³-hybridized carbons (Fsp3) is 0.333. The highest BCUT2D eigenvalue weighted by molar-refractivity contribution is 5.92. The molecule has 1 aliphatic carbocycles.